The molecule has 0 radical (unpaired) electrons. The third-order valence-corrected chi connectivity index (χ3v) is 4.37. The van der Waals surface area contributed by atoms with E-state index in [1.165, 1.54) is 0 Å². The predicted octanol–water partition coefficient (Wildman–Crippen LogP) is 3.68. The number of methoxy groups -OCH3 is 2. The number of nitrogens with one attached hydrogen (secondary N) is 2. The lowest BCUT2D eigenvalue weighted by atomic mass is 10.1. The first-order valence-electron chi connectivity index (χ1n) is 9.27. The van der Waals surface area contributed by atoms with Gasteiger partial charge in [-0.25, -0.2) is 4.98 Å². The monoisotopic (exact) mass is 392 g/mol. The van der Waals surface area contributed by atoms with Crippen molar-refractivity contribution in [1.82, 2.24) is 9.97 Å². The van der Waals surface area contributed by atoms with E-state index in [0.717, 1.165) is 16.8 Å². The van der Waals surface area contributed by atoms with Crippen LogP contribution in [0.2, 0.25) is 0 Å². The predicted molar refractivity (Wildman–Crippen MR) is 112 cm³/mol. The number of amides is 1. The van der Waals surface area contributed by atoms with Crippen LogP contribution in [0.3, 0.4) is 0 Å². The summed E-state index contributed by atoms with van der Waals surface area (Å²) in [5.41, 5.74) is 3.01. The zero-order valence-electron chi connectivity index (χ0n) is 16.5. The number of benzene rings is 1. The van der Waals surface area contributed by atoms with Crippen LogP contribution in [-0.2, 0) is 17.8 Å². The van der Waals surface area contributed by atoms with Crippen LogP contribution in [0.5, 0.6) is 11.5 Å². The van der Waals surface area contributed by atoms with Gasteiger partial charge in [0.25, 0.3) is 0 Å². The summed E-state index contributed by atoms with van der Waals surface area (Å²) in [7, 11) is 3.19. The molecule has 0 saturated heterocycles. The third-order valence-electron chi connectivity index (χ3n) is 4.37. The Morgan fingerprint density at radius 3 is 2.45 bits per heavy atom. The fourth-order valence-corrected chi connectivity index (χ4v) is 2.78. The molecule has 1 aromatic carbocycles. The van der Waals surface area contributed by atoms with Gasteiger partial charge < -0.3 is 20.1 Å². The van der Waals surface area contributed by atoms with Crippen LogP contribution in [0.25, 0.3) is 0 Å². The topological polar surface area (TPSA) is 85.4 Å². The van der Waals surface area contributed by atoms with E-state index in [2.05, 4.69) is 20.6 Å². The maximum Gasteiger partial charge on any atom is 0.225 e. The van der Waals surface area contributed by atoms with Crippen molar-refractivity contribution in [2.45, 2.75) is 19.4 Å². The minimum absolute atomic E-state index is 0.0928. The highest BCUT2D eigenvalue weighted by molar-refractivity contribution is 5.90. The minimum atomic E-state index is -0.0928. The Kier molecular flexibility index (Phi) is 7.00. The van der Waals surface area contributed by atoms with Crippen LogP contribution in [0.15, 0.2) is 61.1 Å². The number of aryl methyl sites for hydroxylation is 1. The fraction of sp³-hybridized carbons (Fsp3) is 0.227. The van der Waals surface area contributed by atoms with Crippen LogP contribution in [-0.4, -0.2) is 30.1 Å². The lowest BCUT2D eigenvalue weighted by Crippen LogP contribution is -2.13. The Hall–Kier alpha value is -3.61. The van der Waals surface area contributed by atoms with E-state index in [-0.39, 0.29) is 5.91 Å². The molecule has 0 aliphatic heterocycles. The van der Waals surface area contributed by atoms with Gasteiger partial charge in [0.2, 0.25) is 5.91 Å². The van der Waals surface area contributed by atoms with Gasteiger partial charge in [-0.3, -0.25) is 9.78 Å². The summed E-state index contributed by atoms with van der Waals surface area (Å²) in [5, 5.41) is 6.11. The molecule has 1 amide bonds. The smallest absolute Gasteiger partial charge is 0.225 e. The first kappa shape index (κ1) is 20.1. The largest absolute Gasteiger partial charge is 0.493 e. The van der Waals surface area contributed by atoms with Crippen molar-refractivity contribution in [3.05, 3.63) is 72.2 Å². The van der Waals surface area contributed by atoms with Gasteiger partial charge in [-0.1, -0.05) is 6.07 Å². The number of carbonyl (C=O) groups excluding carboxylic acids is 1. The van der Waals surface area contributed by atoms with E-state index in [0.29, 0.717) is 36.7 Å². The molecule has 0 atom stereocenters. The average Bonchev–Trinajstić information content (AvgIpc) is 2.77. The summed E-state index contributed by atoms with van der Waals surface area (Å²) in [6, 6.07) is 13.2. The van der Waals surface area contributed by atoms with Crippen LogP contribution in [0.1, 0.15) is 17.5 Å². The molecule has 7 heteroatoms. The second-order valence-electron chi connectivity index (χ2n) is 6.38. The van der Waals surface area contributed by atoms with Gasteiger partial charge in [0.1, 0.15) is 5.82 Å². The molecule has 0 aliphatic carbocycles. The van der Waals surface area contributed by atoms with Crippen molar-refractivity contribution in [1.29, 1.82) is 0 Å². The molecule has 150 valence electrons. The third kappa shape index (κ3) is 5.93. The van der Waals surface area contributed by atoms with Gasteiger partial charge in [-0.15, -0.1) is 0 Å². The zero-order valence-corrected chi connectivity index (χ0v) is 16.5. The van der Waals surface area contributed by atoms with Crippen molar-refractivity contribution >= 4 is 17.4 Å². The van der Waals surface area contributed by atoms with Crippen molar-refractivity contribution in [2.24, 2.45) is 0 Å². The highest BCUT2D eigenvalue weighted by Crippen LogP contribution is 2.28. The number of anilines is 2. The van der Waals surface area contributed by atoms with Gasteiger partial charge in [-0.2, -0.15) is 0 Å². The van der Waals surface area contributed by atoms with E-state index >= 15 is 0 Å². The molecule has 3 aromatic rings. The summed E-state index contributed by atoms with van der Waals surface area (Å²) in [5.74, 6) is 1.76. The first-order valence-corrected chi connectivity index (χ1v) is 9.27. The summed E-state index contributed by atoms with van der Waals surface area (Å²) >= 11 is 0. The molecule has 29 heavy (non-hydrogen) atoms. The number of nitrogens with zero attached hydrogens (tertiary/aromatic N) is 2. The van der Waals surface area contributed by atoms with Gasteiger partial charge >= 0.3 is 0 Å². The lowest BCUT2D eigenvalue weighted by molar-refractivity contribution is -0.116. The maximum atomic E-state index is 12.2. The van der Waals surface area contributed by atoms with Gasteiger partial charge in [0.15, 0.2) is 11.5 Å². The number of pyridine rings is 2. The quantitative estimate of drug-likeness (QED) is 0.578. The Balaban J connectivity index is 1.48. The summed E-state index contributed by atoms with van der Waals surface area (Å²) in [6.07, 6.45) is 6.16. The van der Waals surface area contributed by atoms with E-state index in [1.54, 1.807) is 38.9 Å². The fourth-order valence-electron chi connectivity index (χ4n) is 2.78. The van der Waals surface area contributed by atoms with E-state index < -0.39 is 0 Å². The highest BCUT2D eigenvalue weighted by atomic mass is 16.5. The molecule has 2 heterocycles. The van der Waals surface area contributed by atoms with Crippen LogP contribution in [0, 0.1) is 0 Å². The van der Waals surface area contributed by atoms with E-state index in [9.17, 15) is 4.79 Å². The number of rotatable bonds is 9. The SMILES string of the molecule is COc1ccc(CCC(=O)Nc2ccc(NCc3ccncc3)cn2)cc1OC. The molecule has 7 nitrogen and oxygen atoms in total. The molecule has 0 bridgehead atoms. The van der Waals surface area contributed by atoms with Gasteiger partial charge in [-0.05, 0) is 53.9 Å². The second-order valence-corrected chi connectivity index (χ2v) is 6.38. The number of aromatic nitrogens is 2. The molecule has 0 spiro atoms. The van der Waals surface area contributed by atoms with Crippen LogP contribution in [0.4, 0.5) is 11.5 Å². The second kappa shape index (κ2) is 10.1. The molecule has 3 rings (SSSR count). The molecular formula is C22H24N4O3. The van der Waals surface area contributed by atoms with Gasteiger partial charge in [0, 0.05) is 25.4 Å². The standard InChI is InChI=1S/C22H24N4O3/c1-28-19-6-3-16(13-20(19)29-2)4-8-22(27)26-21-7-5-18(15-25-21)24-14-17-9-11-23-12-10-17/h3,5-7,9-13,15,24H,4,8,14H2,1-2H3,(H,25,26,27). The molecule has 0 unspecified atom stereocenters. The average molecular weight is 392 g/mol. The number of carbonyl (C=O) groups is 1. The lowest BCUT2D eigenvalue weighted by Gasteiger charge is -2.10. The van der Waals surface area contributed by atoms with Crippen molar-refractivity contribution in [3.8, 4) is 11.5 Å². The molecule has 0 aliphatic rings. The number of hydrogen-bond donors (Lipinski definition) is 2. The molecular weight excluding hydrogens is 368 g/mol. The normalized spacial score (nSPS) is 10.3. The summed E-state index contributed by atoms with van der Waals surface area (Å²) < 4.78 is 10.5. The highest BCUT2D eigenvalue weighted by Gasteiger charge is 2.08. The molecule has 0 fully saturated rings. The Morgan fingerprint density at radius 1 is 0.966 bits per heavy atom. The molecule has 2 N–H and O–H groups in total. The van der Waals surface area contributed by atoms with E-state index in [4.69, 9.17) is 9.47 Å². The van der Waals surface area contributed by atoms with Crippen LogP contribution < -0.4 is 20.1 Å². The maximum absolute atomic E-state index is 12.2. The Labute approximate surface area is 170 Å². The van der Waals surface area contributed by atoms with Crippen LogP contribution >= 0.6 is 0 Å². The molecule has 0 saturated carbocycles. The zero-order chi connectivity index (χ0) is 20.5. The van der Waals surface area contributed by atoms with Crippen molar-refractivity contribution in [3.63, 3.8) is 0 Å². The van der Waals surface area contributed by atoms with Crippen molar-refractivity contribution in [2.75, 3.05) is 24.9 Å². The summed E-state index contributed by atoms with van der Waals surface area (Å²) in [4.78, 5) is 20.5. The number of hydrogen-bond acceptors (Lipinski definition) is 6. The molecule has 2 aromatic heterocycles. The Morgan fingerprint density at radius 2 is 1.76 bits per heavy atom. The van der Waals surface area contributed by atoms with E-state index in [1.807, 2.05) is 36.4 Å². The number of ether oxygens (including phenoxy) is 2. The van der Waals surface area contributed by atoms with Gasteiger partial charge in [0.05, 0.1) is 26.1 Å². The summed E-state index contributed by atoms with van der Waals surface area (Å²) in [6.45, 7) is 0.682. The Bertz CT molecular complexity index is 931. The first-order chi connectivity index (χ1) is 14.2. The minimum Gasteiger partial charge on any atom is -0.493 e. The van der Waals surface area contributed by atoms with Crippen molar-refractivity contribution < 1.29 is 14.3 Å².